The minimum atomic E-state index is -0.313. The highest BCUT2D eigenvalue weighted by Gasteiger charge is 2.38. The van der Waals surface area contributed by atoms with Gasteiger partial charge < -0.3 is 14.2 Å². The summed E-state index contributed by atoms with van der Waals surface area (Å²) in [6.45, 7) is 6.82. The second-order valence-electron chi connectivity index (χ2n) is 6.95. The van der Waals surface area contributed by atoms with Gasteiger partial charge in [0.2, 0.25) is 0 Å². The zero-order valence-electron chi connectivity index (χ0n) is 15.1. The third kappa shape index (κ3) is 2.64. The Balaban J connectivity index is 1.74. The van der Waals surface area contributed by atoms with Crippen molar-refractivity contribution in [2.24, 2.45) is 0 Å². The molecule has 2 amide bonds. The van der Waals surface area contributed by atoms with Crippen molar-refractivity contribution in [3.8, 4) is 0 Å². The second kappa shape index (κ2) is 6.16. The Morgan fingerprint density at radius 1 is 1.27 bits per heavy atom. The molecule has 4 rings (SSSR count). The molecular weight excluding hydrogens is 334 g/mol. The van der Waals surface area contributed by atoms with E-state index in [4.69, 9.17) is 9.26 Å². The van der Waals surface area contributed by atoms with Gasteiger partial charge in [-0.2, -0.15) is 0 Å². The van der Waals surface area contributed by atoms with Crippen LogP contribution in [-0.4, -0.2) is 41.3 Å². The number of rotatable bonds is 1. The first-order valence-electron chi connectivity index (χ1n) is 8.73. The molecule has 1 fully saturated rings. The Kier molecular flexibility index (Phi) is 3.94. The minimum absolute atomic E-state index is 0.0664. The molecule has 136 valence electrons. The number of hydrogen-bond acceptors (Lipinski definition) is 5. The SMILES string of the molecule is Cc1ccc2c(c1)N1C(=O)OCC1CCN(C(=O)c1c(C)noc1C)C2. The molecule has 3 heterocycles. The molecule has 0 saturated carbocycles. The molecule has 2 aliphatic heterocycles. The van der Waals surface area contributed by atoms with Crippen LogP contribution < -0.4 is 4.90 Å². The molecule has 0 spiro atoms. The van der Waals surface area contributed by atoms with Crippen molar-refractivity contribution in [2.45, 2.75) is 39.8 Å². The van der Waals surface area contributed by atoms with Crippen LogP contribution in [0.1, 0.15) is 39.4 Å². The number of hydrogen-bond donors (Lipinski definition) is 0. The lowest BCUT2D eigenvalue weighted by Crippen LogP contribution is -2.42. The van der Waals surface area contributed by atoms with E-state index < -0.39 is 0 Å². The Morgan fingerprint density at radius 2 is 2.08 bits per heavy atom. The average molecular weight is 355 g/mol. The molecule has 2 aromatic rings. The Labute approximate surface area is 151 Å². The molecular formula is C19H21N3O4. The second-order valence-corrected chi connectivity index (χ2v) is 6.95. The quantitative estimate of drug-likeness (QED) is 0.786. The van der Waals surface area contributed by atoms with Gasteiger partial charge >= 0.3 is 6.09 Å². The van der Waals surface area contributed by atoms with Crippen LogP contribution in [0.2, 0.25) is 0 Å². The number of ether oxygens (including phenoxy) is 1. The first kappa shape index (κ1) is 16.6. The van der Waals surface area contributed by atoms with Crippen LogP contribution in [0.25, 0.3) is 0 Å². The van der Waals surface area contributed by atoms with E-state index in [-0.39, 0.29) is 18.0 Å². The molecule has 1 aromatic carbocycles. The van der Waals surface area contributed by atoms with E-state index in [1.807, 2.05) is 25.1 Å². The maximum absolute atomic E-state index is 13.1. The third-order valence-electron chi connectivity index (χ3n) is 5.09. The first-order chi connectivity index (χ1) is 12.5. The number of amides is 2. The Hall–Kier alpha value is -2.83. The van der Waals surface area contributed by atoms with Crippen molar-refractivity contribution in [1.29, 1.82) is 0 Å². The molecule has 2 aliphatic rings. The summed E-state index contributed by atoms with van der Waals surface area (Å²) in [5.74, 6) is 0.436. The summed E-state index contributed by atoms with van der Waals surface area (Å²) in [4.78, 5) is 28.9. The number of cyclic esters (lactones) is 1. The summed E-state index contributed by atoms with van der Waals surface area (Å²) in [5, 5.41) is 3.90. The van der Waals surface area contributed by atoms with Crippen LogP contribution >= 0.6 is 0 Å². The van der Waals surface area contributed by atoms with Crippen molar-refractivity contribution in [3.63, 3.8) is 0 Å². The minimum Gasteiger partial charge on any atom is -0.447 e. The molecule has 26 heavy (non-hydrogen) atoms. The molecule has 7 nitrogen and oxygen atoms in total. The van der Waals surface area contributed by atoms with Gasteiger partial charge in [-0.1, -0.05) is 17.3 Å². The summed E-state index contributed by atoms with van der Waals surface area (Å²) in [7, 11) is 0. The van der Waals surface area contributed by atoms with Crippen molar-refractivity contribution in [2.75, 3.05) is 18.1 Å². The van der Waals surface area contributed by atoms with Crippen LogP contribution in [0, 0.1) is 20.8 Å². The van der Waals surface area contributed by atoms with Gasteiger partial charge in [-0.05, 0) is 44.4 Å². The Morgan fingerprint density at radius 3 is 2.81 bits per heavy atom. The largest absolute Gasteiger partial charge is 0.447 e. The van der Waals surface area contributed by atoms with Gasteiger partial charge in [0, 0.05) is 13.1 Å². The van der Waals surface area contributed by atoms with E-state index in [2.05, 4.69) is 5.16 Å². The van der Waals surface area contributed by atoms with Gasteiger partial charge in [0.1, 0.15) is 17.9 Å². The number of aryl methyl sites for hydroxylation is 3. The van der Waals surface area contributed by atoms with Gasteiger partial charge in [-0.25, -0.2) is 4.79 Å². The van der Waals surface area contributed by atoms with Crippen LogP contribution in [0.4, 0.5) is 10.5 Å². The number of carbonyl (C=O) groups excluding carboxylic acids is 2. The fourth-order valence-electron chi connectivity index (χ4n) is 3.71. The van der Waals surface area contributed by atoms with E-state index in [1.54, 1.807) is 23.6 Å². The topological polar surface area (TPSA) is 75.9 Å². The monoisotopic (exact) mass is 355 g/mol. The summed E-state index contributed by atoms with van der Waals surface area (Å²) >= 11 is 0. The number of anilines is 1. The zero-order valence-corrected chi connectivity index (χ0v) is 15.1. The highest BCUT2D eigenvalue weighted by Crippen LogP contribution is 2.33. The molecule has 0 aliphatic carbocycles. The van der Waals surface area contributed by atoms with Gasteiger partial charge in [0.25, 0.3) is 5.91 Å². The molecule has 1 unspecified atom stereocenters. The molecule has 1 saturated heterocycles. The van der Waals surface area contributed by atoms with Crippen molar-refractivity contribution >= 4 is 17.7 Å². The lowest BCUT2D eigenvalue weighted by molar-refractivity contribution is 0.0732. The number of carbonyl (C=O) groups is 2. The van der Waals surface area contributed by atoms with E-state index >= 15 is 0 Å². The predicted octanol–water partition coefficient (Wildman–Crippen LogP) is 2.97. The normalized spacial score (nSPS) is 19.5. The third-order valence-corrected chi connectivity index (χ3v) is 5.09. The molecule has 0 radical (unpaired) electrons. The Bertz CT molecular complexity index is 869. The van der Waals surface area contributed by atoms with E-state index in [0.29, 0.717) is 43.1 Å². The number of aromatic nitrogens is 1. The fourth-order valence-corrected chi connectivity index (χ4v) is 3.71. The van der Waals surface area contributed by atoms with E-state index in [9.17, 15) is 9.59 Å². The maximum atomic E-state index is 13.1. The van der Waals surface area contributed by atoms with Crippen molar-refractivity contribution in [1.82, 2.24) is 10.1 Å². The molecule has 1 atom stereocenters. The highest BCUT2D eigenvalue weighted by atomic mass is 16.6. The van der Waals surface area contributed by atoms with Gasteiger partial charge in [0.05, 0.1) is 17.4 Å². The van der Waals surface area contributed by atoms with Gasteiger partial charge in [-0.15, -0.1) is 0 Å². The maximum Gasteiger partial charge on any atom is 0.414 e. The van der Waals surface area contributed by atoms with Crippen molar-refractivity contribution < 1.29 is 18.8 Å². The summed E-state index contributed by atoms with van der Waals surface area (Å²) in [6.07, 6.45) is 0.348. The first-order valence-corrected chi connectivity index (χ1v) is 8.73. The van der Waals surface area contributed by atoms with Gasteiger partial charge in [0.15, 0.2) is 0 Å². The number of benzene rings is 1. The highest BCUT2D eigenvalue weighted by molar-refractivity contribution is 5.96. The number of fused-ring (bicyclic) bond motifs is 3. The standard InChI is InChI=1S/C19H21N3O4/c1-11-4-5-14-9-21(18(23)17-12(2)20-26-13(17)3)7-6-15-10-25-19(24)22(15)16(14)8-11/h4-5,8,15H,6-7,9-10H2,1-3H3. The van der Waals surface area contributed by atoms with Gasteiger partial charge in [-0.3, -0.25) is 9.69 Å². The molecule has 1 aromatic heterocycles. The van der Waals surface area contributed by atoms with Crippen LogP contribution in [-0.2, 0) is 11.3 Å². The summed E-state index contributed by atoms with van der Waals surface area (Å²) in [6, 6.07) is 5.89. The van der Waals surface area contributed by atoms with Crippen LogP contribution in [0.3, 0.4) is 0 Å². The zero-order chi connectivity index (χ0) is 18.4. The molecule has 7 heteroatoms. The summed E-state index contributed by atoms with van der Waals surface area (Å²) < 4.78 is 10.4. The van der Waals surface area contributed by atoms with E-state index in [0.717, 1.165) is 16.8 Å². The molecule has 0 N–H and O–H groups in total. The van der Waals surface area contributed by atoms with E-state index in [1.165, 1.54) is 0 Å². The smallest absolute Gasteiger partial charge is 0.414 e. The fraction of sp³-hybridized carbons (Fsp3) is 0.421. The molecule has 0 bridgehead atoms. The summed E-state index contributed by atoms with van der Waals surface area (Å²) in [5.41, 5.74) is 3.94. The van der Waals surface area contributed by atoms with Crippen LogP contribution in [0.5, 0.6) is 0 Å². The lowest BCUT2D eigenvalue weighted by Gasteiger charge is -2.32. The van der Waals surface area contributed by atoms with Crippen LogP contribution in [0.15, 0.2) is 22.7 Å². The lowest BCUT2D eigenvalue weighted by atomic mass is 10.0. The number of nitrogens with zero attached hydrogens (tertiary/aromatic N) is 3. The van der Waals surface area contributed by atoms with Crippen molar-refractivity contribution in [3.05, 3.63) is 46.3 Å². The predicted molar refractivity (Wildman–Crippen MR) is 94.1 cm³/mol. The average Bonchev–Trinajstić information content (AvgIpc) is 3.12.